The van der Waals surface area contributed by atoms with E-state index in [0.29, 0.717) is 18.4 Å². The smallest absolute Gasteiger partial charge is 0.231 e. The molecule has 3 heterocycles. The van der Waals surface area contributed by atoms with Crippen molar-refractivity contribution in [3.8, 4) is 0 Å². The molecule has 3 nitrogen and oxygen atoms in total. The molecule has 5 heteroatoms. The van der Waals surface area contributed by atoms with Crippen LogP contribution in [0.4, 0.5) is 0 Å². The summed E-state index contributed by atoms with van der Waals surface area (Å²) >= 11 is 4.01. The molecular formula is C17H19NO2S2. The van der Waals surface area contributed by atoms with E-state index in [0.717, 1.165) is 6.42 Å². The molecule has 1 spiro atoms. The maximum Gasteiger partial charge on any atom is 0.231 e. The Bertz CT molecular complexity index is 631. The average Bonchev–Trinajstić information content (AvgIpc) is 3.15. The van der Waals surface area contributed by atoms with Gasteiger partial charge in [0.1, 0.15) is 5.72 Å². The molecule has 3 saturated heterocycles. The minimum atomic E-state index is -0.392. The molecule has 3 aliphatic heterocycles. The van der Waals surface area contributed by atoms with Gasteiger partial charge in [-0.15, -0.1) is 23.5 Å². The van der Waals surface area contributed by atoms with Gasteiger partial charge in [-0.1, -0.05) is 30.3 Å². The van der Waals surface area contributed by atoms with E-state index in [1.807, 2.05) is 41.7 Å². The molecule has 5 rings (SSSR count). The largest absolute Gasteiger partial charge is 0.353 e. The number of thioether (sulfide) groups is 2. The molecule has 1 aliphatic carbocycles. The highest BCUT2D eigenvalue weighted by atomic mass is 32.2. The van der Waals surface area contributed by atoms with E-state index >= 15 is 0 Å². The summed E-state index contributed by atoms with van der Waals surface area (Å²) in [7, 11) is 0. The number of hydrogen-bond acceptors (Lipinski definition) is 4. The molecule has 0 bridgehead atoms. The van der Waals surface area contributed by atoms with Crippen LogP contribution in [0.2, 0.25) is 0 Å². The lowest BCUT2D eigenvalue weighted by molar-refractivity contribution is -0.138. The Balaban J connectivity index is 1.52. The standard InChI is InChI=1S/C17H19NO2S2/c1-16-12-9-17(21-7-8-22-17)14(12)15(19)18(16)13(10-20-16)11-5-3-2-4-6-11/h2-6,12-14H,7-10H2,1H3. The molecule has 4 unspecified atom stereocenters. The number of amides is 1. The van der Waals surface area contributed by atoms with Crippen molar-refractivity contribution in [3.63, 3.8) is 0 Å². The van der Waals surface area contributed by atoms with Crippen molar-refractivity contribution in [3.05, 3.63) is 35.9 Å². The van der Waals surface area contributed by atoms with Crippen LogP contribution in [-0.2, 0) is 9.53 Å². The van der Waals surface area contributed by atoms with E-state index in [1.165, 1.54) is 17.1 Å². The minimum Gasteiger partial charge on any atom is -0.353 e. The summed E-state index contributed by atoms with van der Waals surface area (Å²) in [5.74, 6) is 3.21. The first-order valence-electron chi connectivity index (χ1n) is 7.96. The number of ether oxygens (including phenoxy) is 1. The van der Waals surface area contributed by atoms with Gasteiger partial charge in [0.25, 0.3) is 0 Å². The molecule has 4 fully saturated rings. The zero-order valence-electron chi connectivity index (χ0n) is 12.5. The van der Waals surface area contributed by atoms with Gasteiger partial charge in [-0.05, 0) is 18.9 Å². The van der Waals surface area contributed by atoms with E-state index in [9.17, 15) is 4.79 Å². The van der Waals surface area contributed by atoms with Crippen LogP contribution >= 0.6 is 23.5 Å². The van der Waals surface area contributed by atoms with Gasteiger partial charge in [0, 0.05) is 17.4 Å². The van der Waals surface area contributed by atoms with Gasteiger partial charge in [-0.2, -0.15) is 0 Å². The molecule has 4 aliphatic rings. The molecule has 0 N–H and O–H groups in total. The lowest BCUT2D eigenvalue weighted by atomic mass is 9.70. The van der Waals surface area contributed by atoms with Crippen molar-refractivity contribution in [2.24, 2.45) is 11.8 Å². The van der Waals surface area contributed by atoms with Gasteiger partial charge in [0.2, 0.25) is 5.91 Å². The van der Waals surface area contributed by atoms with Crippen molar-refractivity contribution >= 4 is 29.4 Å². The number of carbonyl (C=O) groups excluding carboxylic acids is 1. The lowest BCUT2D eigenvalue weighted by Crippen LogP contribution is -2.53. The first-order valence-corrected chi connectivity index (χ1v) is 9.93. The number of rotatable bonds is 1. The molecule has 1 saturated carbocycles. The Hall–Kier alpha value is -0.650. The summed E-state index contributed by atoms with van der Waals surface area (Å²) in [5, 5.41) is 0. The number of fused-ring (bicyclic) bond motifs is 4. The quantitative estimate of drug-likeness (QED) is 0.790. The van der Waals surface area contributed by atoms with Gasteiger partial charge in [-0.25, -0.2) is 0 Å². The van der Waals surface area contributed by atoms with Crippen molar-refractivity contribution in [1.82, 2.24) is 4.90 Å². The third-order valence-corrected chi connectivity index (χ3v) is 9.46. The number of hydrogen-bond donors (Lipinski definition) is 0. The highest BCUT2D eigenvalue weighted by Crippen LogP contribution is 2.70. The van der Waals surface area contributed by atoms with Crippen LogP contribution in [0.25, 0.3) is 0 Å². The van der Waals surface area contributed by atoms with E-state index in [1.54, 1.807) is 0 Å². The third kappa shape index (κ3) is 1.53. The van der Waals surface area contributed by atoms with Crippen LogP contribution in [-0.4, -0.2) is 38.7 Å². The summed E-state index contributed by atoms with van der Waals surface area (Å²) < 4.78 is 6.38. The molecule has 0 aromatic heterocycles. The highest BCUT2D eigenvalue weighted by Gasteiger charge is 2.74. The van der Waals surface area contributed by atoms with E-state index in [2.05, 4.69) is 24.0 Å². The SMILES string of the molecule is CC12OCC(c3ccccc3)N1C(=O)C1C2CC12SCCS2. The maximum atomic E-state index is 13.2. The Kier molecular flexibility index (Phi) is 2.79. The highest BCUT2D eigenvalue weighted by molar-refractivity contribution is 8.21. The fourth-order valence-electron chi connectivity index (χ4n) is 4.75. The van der Waals surface area contributed by atoms with Crippen molar-refractivity contribution in [1.29, 1.82) is 0 Å². The normalized spacial score (nSPS) is 41.6. The molecule has 116 valence electrons. The van der Waals surface area contributed by atoms with Crippen molar-refractivity contribution < 1.29 is 9.53 Å². The Morgan fingerprint density at radius 3 is 2.68 bits per heavy atom. The van der Waals surface area contributed by atoms with Gasteiger partial charge in [-0.3, -0.25) is 4.79 Å². The van der Waals surface area contributed by atoms with E-state index < -0.39 is 5.72 Å². The van der Waals surface area contributed by atoms with E-state index in [-0.39, 0.29) is 16.0 Å². The maximum absolute atomic E-state index is 13.2. The van der Waals surface area contributed by atoms with Crippen LogP contribution in [0, 0.1) is 11.8 Å². The molecule has 1 amide bonds. The number of nitrogens with zero attached hydrogens (tertiary/aromatic N) is 1. The zero-order chi connectivity index (χ0) is 14.9. The van der Waals surface area contributed by atoms with E-state index in [4.69, 9.17) is 4.74 Å². The first kappa shape index (κ1) is 13.8. The van der Waals surface area contributed by atoms with Gasteiger partial charge < -0.3 is 9.64 Å². The summed E-state index contributed by atoms with van der Waals surface area (Å²) in [6, 6.07) is 10.4. The lowest BCUT2D eigenvalue weighted by Gasteiger charge is -2.49. The molecular weight excluding hydrogens is 314 g/mol. The molecule has 1 aromatic carbocycles. The number of benzene rings is 1. The molecule has 4 atom stereocenters. The second-order valence-electron chi connectivity index (χ2n) is 6.80. The van der Waals surface area contributed by atoms with Gasteiger partial charge >= 0.3 is 0 Å². The van der Waals surface area contributed by atoms with Gasteiger partial charge in [0.15, 0.2) is 0 Å². The summed E-state index contributed by atoms with van der Waals surface area (Å²) in [6.45, 7) is 2.76. The predicted octanol–water partition coefficient (Wildman–Crippen LogP) is 3.13. The molecule has 0 radical (unpaired) electrons. The van der Waals surface area contributed by atoms with Crippen molar-refractivity contribution in [2.75, 3.05) is 18.1 Å². The van der Waals surface area contributed by atoms with Gasteiger partial charge in [0.05, 0.1) is 22.6 Å². The Morgan fingerprint density at radius 1 is 1.23 bits per heavy atom. The molecule has 1 aromatic rings. The predicted molar refractivity (Wildman–Crippen MR) is 89.6 cm³/mol. The molecule has 22 heavy (non-hydrogen) atoms. The van der Waals surface area contributed by atoms with Crippen LogP contribution in [0.1, 0.15) is 24.9 Å². The second-order valence-corrected chi connectivity index (χ2v) is 9.91. The zero-order valence-corrected chi connectivity index (χ0v) is 14.2. The van der Waals surface area contributed by atoms with Crippen LogP contribution in [0.15, 0.2) is 30.3 Å². The fourth-order valence-corrected chi connectivity index (χ4v) is 8.43. The van der Waals surface area contributed by atoms with Crippen LogP contribution < -0.4 is 0 Å². The Labute approximate surface area is 139 Å². The number of carbonyl (C=O) groups is 1. The van der Waals surface area contributed by atoms with Crippen LogP contribution in [0.5, 0.6) is 0 Å². The summed E-state index contributed by atoms with van der Waals surface area (Å²) in [4.78, 5) is 15.3. The minimum absolute atomic E-state index is 0.0813. The topological polar surface area (TPSA) is 29.5 Å². The third-order valence-electron chi connectivity index (χ3n) is 5.86. The fraction of sp³-hybridized carbons (Fsp3) is 0.588. The summed E-state index contributed by atoms with van der Waals surface area (Å²) in [6.07, 6.45) is 1.12. The average molecular weight is 333 g/mol. The monoisotopic (exact) mass is 333 g/mol. The summed E-state index contributed by atoms with van der Waals surface area (Å²) in [5.41, 5.74) is 0.804. The Morgan fingerprint density at radius 2 is 1.95 bits per heavy atom. The van der Waals surface area contributed by atoms with Crippen molar-refractivity contribution in [2.45, 2.75) is 29.2 Å². The van der Waals surface area contributed by atoms with Crippen LogP contribution in [0.3, 0.4) is 0 Å². The second kappa shape index (κ2) is 4.46. The first-order chi connectivity index (χ1) is 10.7.